The van der Waals surface area contributed by atoms with E-state index < -0.39 is 52.0 Å². The van der Waals surface area contributed by atoms with Gasteiger partial charge >= 0.3 is 11.7 Å². The summed E-state index contributed by atoms with van der Waals surface area (Å²) in [5.74, 6) is -0.676. The molecule has 14 nitrogen and oxygen atoms in total. The quantitative estimate of drug-likeness (QED) is 0.0720. The van der Waals surface area contributed by atoms with Gasteiger partial charge in [0.15, 0.2) is 0 Å². The number of piperidine rings is 1. The molecule has 2 fully saturated rings. The summed E-state index contributed by atoms with van der Waals surface area (Å²) in [5, 5.41) is 12.7. The summed E-state index contributed by atoms with van der Waals surface area (Å²) in [6, 6.07) is 33.9. The monoisotopic (exact) mass is 1150 g/mol. The fraction of sp³-hybridized carbons (Fsp3) is 0.255. The van der Waals surface area contributed by atoms with E-state index in [-0.39, 0.29) is 65.6 Å². The first-order valence-corrected chi connectivity index (χ1v) is 28.3. The summed E-state index contributed by atoms with van der Waals surface area (Å²) in [7, 11) is -13.1. The van der Waals surface area contributed by atoms with Crippen LogP contribution in [0.25, 0.3) is 0 Å². The number of benzene rings is 6. The van der Waals surface area contributed by atoms with E-state index in [9.17, 15) is 61.2 Å². The van der Waals surface area contributed by atoms with Crippen molar-refractivity contribution in [3.05, 3.63) is 183 Å². The van der Waals surface area contributed by atoms with Crippen molar-refractivity contribution in [3.8, 4) is 0 Å². The molecule has 25 heteroatoms. The van der Waals surface area contributed by atoms with Crippen LogP contribution in [0.2, 0.25) is 10.0 Å². The van der Waals surface area contributed by atoms with Gasteiger partial charge in [0.1, 0.15) is 0 Å². The third-order valence-corrected chi connectivity index (χ3v) is 18.0. The number of rotatable bonds is 15. The van der Waals surface area contributed by atoms with E-state index in [1.807, 2.05) is 0 Å². The lowest BCUT2D eigenvalue weighted by Crippen LogP contribution is -2.42. The van der Waals surface area contributed by atoms with E-state index in [2.05, 4.69) is 21.3 Å². The molecular formula is C51H48Cl2F6N6O8S3. The number of sulfonamides is 2. The first-order valence-electron chi connectivity index (χ1n) is 23.2. The highest BCUT2D eigenvalue weighted by molar-refractivity contribution is 7.92. The number of carbonyl (C=O) groups is 2. The number of anilines is 2. The molecule has 404 valence electrons. The molecule has 4 N–H and O–H groups in total. The van der Waals surface area contributed by atoms with Gasteiger partial charge in [-0.25, -0.2) is 25.3 Å². The summed E-state index contributed by atoms with van der Waals surface area (Å²) >= 11 is 11.7. The molecule has 76 heavy (non-hydrogen) atoms. The van der Waals surface area contributed by atoms with Crippen LogP contribution in [0.3, 0.4) is 0 Å². The molecule has 0 aromatic heterocycles. The van der Waals surface area contributed by atoms with Crippen molar-refractivity contribution in [2.24, 2.45) is 0 Å². The summed E-state index contributed by atoms with van der Waals surface area (Å²) < 4.78 is 156. The van der Waals surface area contributed by atoms with Gasteiger partial charge in [-0.05, 0) is 146 Å². The maximum Gasteiger partial charge on any atom is 0.501 e. The summed E-state index contributed by atoms with van der Waals surface area (Å²) in [4.78, 5) is 24.0. The van der Waals surface area contributed by atoms with Crippen molar-refractivity contribution >= 4 is 76.3 Å². The molecule has 0 aliphatic carbocycles. The second-order valence-electron chi connectivity index (χ2n) is 17.5. The van der Waals surface area contributed by atoms with Crippen molar-refractivity contribution in [1.82, 2.24) is 19.2 Å². The lowest BCUT2D eigenvalue weighted by atomic mass is 10.1. The number of amides is 2. The van der Waals surface area contributed by atoms with Crippen LogP contribution in [0.5, 0.6) is 0 Å². The Kier molecular flexibility index (Phi) is 18.3. The molecule has 0 saturated carbocycles. The van der Waals surface area contributed by atoms with E-state index in [1.165, 1.54) is 63.2 Å². The van der Waals surface area contributed by atoms with Gasteiger partial charge in [0, 0.05) is 83.9 Å². The molecule has 1 atom stereocenters. The topological polar surface area (TPSA) is 191 Å². The first kappa shape index (κ1) is 57.7. The Balaban J connectivity index is 0.000000221. The zero-order valence-corrected chi connectivity index (χ0v) is 43.7. The molecular weight excluding hydrogens is 1110 g/mol. The molecule has 0 radical (unpaired) electrons. The molecule has 0 spiro atoms. The average Bonchev–Trinajstić information content (AvgIpc) is 3.89. The van der Waals surface area contributed by atoms with Crippen LogP contribution in [-0.2, 0) is 49.1 Å². The molecule has 1 unspecified atom stereocenters. The molecule has 2 aliphatic heterocycles. The molecule has 6 aromatic rings. The normalized spacial score (nSPS) is 16.1. The van der Waals surface area contributed by atoms with Gasteiger partial charge in [0.2, 0.25) is 20.0 Å². The minimum atomic E-state index is -5.48. The number of sulfone groups is 1. The summed E-state index contributed by atoms with van der Waals surface area (Å²) in [6.45, 7) is 1.36. The zero-order valence-electron chi connectivity index (χ0n) is 39.8. The zero-order chi connectivity index (χ0) is 55.1. The third kappa shape index (κ3) is 14.7. The van der Waals surface area contributed by atoms with Gasteiger partial charge in [-0.15, -0.1) is 0 Å². The molecule has 2 heterocycles. The van der Waals surface area contributed by atoms with E-state index in [0.29, 0.717) is 70.3 Å². The Morgan fingerprint density at radius 3 is 1.67 bits per heavy atom. The molecule has 2 saturated heterocycles. The average molecular weight is 1150 g/mol. The number of hydrogen-bond donors (Lipinski definition) is 4. The standard InChI is InChI=1S/C26H25ClF3N3O3S.C25H23ClF3N3O5S2/c27-22-10-6-20(7-11-22)25(34)32-16-19-2-1-3-24(14-19)37(35,36)33-13-12-23(17-33)31-15-18-4-8-21(9-5-18)26(28,29)30;26-18-6-4-17(5-7-18)24(33)31-19-8-10-22(11-9-19)39(36,37)32-14-12-20(13-15-32)30-21-2-1-3-23(16-21)38(34,35)25(27,28)29/h1-11,14,23,31H,12-13,15-17H2,(H,32,34);1-11,16,20,30H,12-15H2,(H,31,33). The van der Waals surface area contributed by atoms with Gasteiger partial charge in [-0.2, -0.15) is 35.0 Å². The largest absolute Gasteiger partial charge is 0.501 e. The van der Waals surface area contributed by atoms with Crippen molar-refractivity contribution in [2.45, 2.75) is 70.8 Å². The van der Waals surface area contributed by atoms with E-state index in [4.69, 9.17) is 23.2 Å². The van der Waals surface area contributed by atoms with Crippen molar-refractivity contribution in [3.63, 3.8) is 0 Å². The van der Waals surface area contributed by atoms with Gasteiger partial charge < -0.3 is 21.3 Å². The van der Waals surface area contributed by atoms with E-state index in [0.717, 1.165) is 24.3 Å². The number of halogens is 8. The predicted octanol–water partition coefficient (Wildman–Crippen LogP) is 9.99. The number of carbonyl (C=O) groups excluding carboxylic acids is 2. The van der Waals surface area contributed by atoms with Crippen molar-refractivity contribution in [1.29, 1.82) is 0 Å². The highest BCUT2D eigenvalue weighted by atomic mass is 35.5. The van der Waals surface area contributed by atoms with Gasteiger partial charge in [0.05, 0.1) is 20.2 Å². The maximum atomic E-state index is 13.2. The smallest absolute Gasteiger partial charge is 0.382 e. The van der Waals surface area contributed by atoms with Crippen LogP contribution < -0.4 is 21.3 Å². The second kappa shape index (κ2) is 24.1. The van der Waals surface area contributed by atoms with Crippen LogP contribution in [0.1, 0.15) is 56.7 Å². The predicted molar refractivity (Wildman–Crippen MR) is 275 cm³/mol. The van der Waals surface area contributed by atoms with Crippen LogP contribution in [0, 0.1) is 0 Å². The van der Waals surface area contributed by atoms with Crippen LogP contribution in [0.4, 0.5) is 37.7 Å². The Hall–Kier alpha value is -6.05. The SMILES string of the molecule is O=C(NCc1cccc(S(=O)(=O)N2CCC(NCc3ccc(C(F)(F)F)cc3)C2)c1)c1ccc(Cl)cc1.O=C(Nc1ccc(S(=O)(=O)N2CCC(Nc3cccc(S(=O)(=O)C(F)(F)F)c3)CC2)cc1)c1ccc(Cl)cc1. The highest BCUT2D eigenvalue weighted by Gasteiger charge is 2.47. The second-order valence-corrected chi connectivity index (χ2v) is 24.2. The molecule has 2 amide bonds. The van der Waals surface area contributed by atoms with Crippen molar-refractivity contribution in [2.75, 3.05) is 36.8 Å². The fourth-order valence-corrected chi connectivity index (χ4v) is 12.2. The molecule has 8 rings (SSSR count). The Labute approximate surface area is 445 Å². The summed E-state index contributed by atoms with van der Waals surface area (Å²) in [5.41, 5.74) is -3.36. The minimum Gasteiger partial charge on any atom is -0.382 e. The lowest BCUT2D eigenvalue weighted by Gasteiger charge is -2.32. The fourth-order valence-electron chi connectivity index (χ4n) is 8.06. The van der Waals surface area contributed by atoms with Crippen LogP contribution in [0.15, 0.2) is 160 Å². The minimum absolute atomic E-state index is 0.0449. The number of nitrogens with zero attached hydrogens (tertiary/aromatic N) is 2. The van der Waals surface area contributed by atoms with E-state index in [1.54, 1.807) is 66.7 Å². The molecule has 0 bridgehead atoms. The third-order valence-electron chi connectivity index (χ3n) is 12.3. The highest BCUT2D eigenvalue weighted by Crippen LogP contribution is 2.33. The van der Waals surface area contributed by atoms with Gasteiger partial charge in [-0.1, -0.05) is 53.5 Å². The Morgan fingerprint density at radius 2 is 1.08 bits per heavy atom. The number of alkyl halides is 6. The Morgan fingerprint density at radius 1 is 0.539 bits per heavy atom. The number of nitrogens with one attached hydrogen (secondary N) is 4. The van der Waals surface area contributed by atoms with E-state index >= 15 is 0 Å². The van der Waals surface area contributed by atoms with Crippen molar-refractivity contribution < 1.29 is 61.2 Å². The first-order chi connectivity index (χ1) is 35.8. The number of hydrogen-bond acceptors (Lipinski definition) is 10. The summed E-state index contributed by atoms with van der Waals surface area (Å²) in [6.07, 6.45) is -3.10. The molecule has 2 aliphatic rings. The lowest BCUT2D eigenvalue weighted by molar-refractivity contribution is -0.137. The maximum absolute atomic E-state index is 13.2. The van der Waals surface area contributed by atoms with Gasteiger partial charge in [-0.3, -0.25) is 9.59 Å². The molecule has 6 aromatic carbocycles. The van der Waals surface area contributed by atoms with Crippen LogP contribution >= 0.6 is 23.2 Å². The van der Waals surface area contributed by atoms with Gasteiger partial charge in [0.25, 0.3) is 21.7 Å². The van der Waals surface area contributed by atoms with Crippen LogP contribution in [-0.4, -0.2) is 89.4 Å². The Bertz CT molecular complexity index is 3350.